The van der Waals surface area contributed by atoms with E-state index in [9.17, 15) is 14.4 Å². The van der Waals surface area contributed by atoms with Crippen LogP contribution in [0.5, 0.6) is 11.5 Å². The first-order valence-corrected chi connectivity index (χ1v) is 11.2. The summed E-state index contributed by atoms with van der Waals surface area (Å²) >= 11 is 1.16. The summed E-state index contributed by atoms with van der Waals surface area (Å²) in [6.45, 7) is 0. The molecule has 1 N–H and O–H groups in total. The van der Waals surface area contributed by atoms with E-state index in [1.807, 2.05) is 6.07 Å². The smallest absolute Gasteiger partial charge is 0.339 e. The van der Waals surface area contributed by atoms with Gasteiger partial charge in [-0.2, -0.15) is 0 Å². The Labute approximate surface area is 205 Å². The molecule has 1 amide bonds. The van der Waals surface area contributed by atoms with Crippen LogP contribution in [0.2, 0.25) is 0 Å². The van der Waals surface area contributed by atoms with Crippen LogP contribution in [0.4, 0.5) is 5.69 Å². The topological polar surface area (TPSA) is 131 Å². The zero-order chi connectivity index (χ0) is 25.5. The maximum Gasteiger partial charge on any atom is 0.339 e. The lowest BCUT2D eigenvalue weighted by molar-refractivity contribution is -0.113. The molecule has 35 heavy (non-hydrogen) atoms. The third-order valence-corrected chi connectivity index (χ3v) is 5.95. The Balaban J connectivity index is 1.75. The van der Waals surface area contributed by atoms with Crippen molar-refractivity contribution in [1.82, 2.24) is 14.8 Å². The monoisotopic (exact) mass is 500 g/mol. The predicted octanol–water partition coefficient (Wildman–Crippen LogP) is 2.80. The van der Waals surface area contributed by atoms with Gasteiger partial charge in [0.15, 0.2) is 22.5 Å². The second kappa shape index (κ2) is 11.4. The number of amides is 1. The van der Waals surface area contributed by atoms with Crippen molar-refractivity contribution in [2.24, 2.45) is 7.05 Å². The van der Waals surface area contributed by atoms with Crippen molar-refractivity contribution in [3.63, 3.8) is 0 Å². The lowest BCUT2D eigenvalue weighted by Gasteiger charge is -2.11. The second-order valence-electron chi connectivity index (χ2n) is 7.02. The van der Waals surface area contributed by atoms with Crippen LogP contribution in [-0.2, 0) is 21.3 Å². The molecule has 0 radical (unpaired) electrons. The normalized spacial score (nSPS) is 10.4. The Kier molecular flexibility index (Phi) is 8.31. The number of ether oxygens (including phenoxy) is 4. The fraction of sp³-hybridized carbons (Fsp3) is 0.261. The van der Waals surface area contributed by atoms with Crippen molar-refractivity contribution in [3.05, 3.63) is 47.5 Å². The second-order valence-corrected chi connectivity index (χ2v) is 7.96. The highest BCUT2D eigenvalue weighted by molar-refractivity contribution is 7.99. The number of hydrogen-bond donors (Lipinski definition) is 1. The molecule has 0 atom stereocenters. The van der Waals surface area contributed by atoms with Gasteiger partial charge >= 0.3 is 11.9 Å². The van der Waals surface area contributed by atoms with Crippen molar-refractivity contribution in [1.29, 1.82) is 0 Å². The lowest BCUT2D eigenvalue weighted by Crippen LogP contribution is -2.18. The number of carbonyl (C=O) groups excluding carboxylic acids is 3. The van der Waals surface area contributed by atoms with E-state index in [1.165, 1.54) is 32.4 Å². The minimum atomic E-state index is -0.655. The maximum atomic E-state index is 12.7. The van der Waals surface area contributed by atoms with E-state index in [-0.39, 0.29) is 22.6 Å². The molecular weight excluding hydrogens is 476 g/mol. The third kappa shape index (κ3) is 5.72. The van der Waals surface area contributed by atoms with Gasteiger partial charge in [-0.05, 0) is 36.4 Å². The van der Waals surface area contributed by atoms with Gasteiger partial charge in [-0.15, -0.1) is 10.2 Å². The van der Waals surface area contributed by atoms with Gasteiger partial charge in [-0.3, -0.25) is 4.79 Å². The highest BCUT2D eigenvalue weighted by Crippen LogP contribution is 2.32. The zero-order valence-corrected chi connectivity index (χ0v) is 20.6. The molecule has 0 saturated heterocycles. The largest absolute Gasteiger partial charge is 0.493 e. The third-order valence-electron chi connectivity index (χ3n) is 4.93. The molecule has 0 aliphatic heterocycles. The molecule has 12 heteroatoms. The number of hydrogen-bond acceptors (Lipinski definition) is 10. The Morgan fingerprint density at radius 2 is 1.63 bits per heavy atom. The van der Waals surface area contributed by atoms with Gasteiger partial charge in [-0.25, -0.2) is 9.59 Å². The summed E-state index contributed by atoms with van der Waals surface area (Å²) in [7, 11) is 7.34. The number of nitrogens with one attached hydrogen (secondary N) is 1. The molecule has 1 heterocycles. The molecule has 3 aromatic rings. The molecule has 3 rings (SSSR count). The summed E-state index contributed by atoms with van der Waals surface area (Å²) in [6, 6.07) is 9.54. The maximum absolute atomic E-state index is 12.7. The number of thioether (sulfide) groups is 1. The average molecular weight is 501 g/mol. The number of esters is 2. The van der Waals surface area contributed by atoms with E-state index in [1.54, 1.807) is 38.0 Å². The Morgan fingerprint density at radius 1 is 0.914 bits per heavy atom. The van der Waals surface area contributed by atoms with Crippen LogP contribution in [0.3, 0.4) is 0 Å². The van der Waals surface area contributed by atoms with Gasteiger partial charge in [-0.1, -0.05) is 11.8 Å². The summed E-state index contributed by atoms with van der Waals surface area (Å²) in [6.07, 6.45) is 0. The van der Waals surface area contributed by atoms with Crippen LogP contribution in [-0.4, -0.2) is 66.8 Å². The minimum Gasteiger partial charge on any atom is -0.493 e. The summed E-state index contributed by atoms with van der Waals surface area (Å²) in [5, 5.41) is 11.5. The Hall–Kier alpha value is -4.06. The minimum absolute atomic E-state index is 0.0268. The molecule has 1 aromatic heterocycles. The van der Waals surface area contributed by atoms with E-state index in [2.05, 4.69) is 15.5 Å². The molecule has 0 spiro atoms. The number of methoxy groups -OCH3 is 4. The average Bonchev–Trinajstić information content (AvgIpc) is 3.25. The quantitative estimate of drug-likeness (QED) is 0.346. The standard InChI is InChI=1S/C23H24N4O7S/c1-27-20(13-7-9-17(31-2)18(11-13)32-3)25-26-23(27)35-12-19(28)24-16-10-14(21(29)33-4)6-8-15(16)22(30)34-5/h6-11H,12H2,1-5H3,(H,24,28). The van der Waals surface area contributed by atoms with Crippen molar-refractivity contribution in [2.75, 3.05) is 39.5 Å². The molecular formula is C23H24N4O7S. The number of nitrogens with zero attached hydrogens (tertiary/aromatic N) is 3. The van der Waals surface area contributed by atoms with E-state index in [0.717, 1.165) is 17.3 Å². The Morgan fingerprint density at radius 3 is 2.29 bits per heavy atom. The van der Waals surface area contributed by atoms with Gasteiger partial charge in [0.25, 0.3) is 0 Å². The fourth-order valence-corrected chi connectivity index (χ4v) is 3.88. The summed E-state index contributed by atoms with van der Waals surface area (Å²) in [4.78, 5) is 36.6. The molecule has 0 saturated carbocycles. The van der Waals surface area contributed by atoms with Gasteiger partial charge in [0.1, 0.15) is 0 Å². The summed E-state index contributed by atoms with van der Waals surface area (Å²) in [5.74, 6) is 0.0150. The van der Waals surface area contributed by atoms with Gasteiger partial charge in [0, 0.05) is 12.6 Å². The van der Waals surface area contributed by atoms with E-state index < -0.39 is 17.8 Å². The van der Waals surface area contributed by atoms with Crippen molar-refractivity contribution in [2.45, 2.75) is 5.16 Å². The van der Waals surface area contributed by atoms with Crippen LogP contribution in [0.15, 0.2) is 41.6 Å². The molecule has 11 nitrogen and oxygen atoms in total. The molecule has 184 valence electrons. The fourth-order valence-electron chi connectivity index (χ4n) is 3.16. The van der Waals surface area contributed by atoms with Gasteiger partial charge in [0.05, 0.1) is 51.0 Å². The number of aromatic nitrogens is 3. The number of benzene rings is 2. The van der Waals surface area contributed by atoms with E-state index in [4.69, 9.17) is 18.9 Å². The Bertz CT molecular complexity index is 1260. The predicted molar refractivity (Wildman–Crippen MR) is 128 cm³/mol. The van der Waals surface area contributed by atoms with Crippen molar-refractivity contribution in [3.8, 4) is 22.9 Å². The molecule has 0 bridgehead atoms. The number of anilines is 1. The first kappa shape index (κ1) is 25.6. The lowest BCUT2D eigenvalue weighted by atomic mass is 10.1. The summed E-state index contributed by atoms with van der Waals surface area (Å²) in [5.41, 5.74) is 1.18. The van der Waals surface area contributed by atoms with Crippen LogP contribution in [0.1, 0.15) is 20.7 Å². The molecule has 2 aromatic carbocycles. The zero-order valence-electron chi connectivity index (χ0n) is 19.8. The van der Waals surface area contributed by atoms with Gasteiger partial charge < -0.3 is 28.8 Å². The van der Waals surface area contributed by atoms with Crippen molar-refractivity contribution >= 4 is 35.3 Å². The SMILES string of the molecule is COC(=O)c1ccc(C(=O)OC)c(NC(=O)CSc2nnc(-c3ccc(OC)c(OC)c3)n2C)c1. The number of carbonyl (C=O) groups is 3. The van der Waals surface area contributed by atoms with E-state index >= 15 is 0 Å². The van der Waals surface area contributed by atoms with Crippen LogP contribution >= 0.6 is 11.8 Å². The van der Waals surface area contributed by atoms with Crippen LogP contribution in [0.25, 0.3) is 11.4 Å². The van der Waals surface area contributed by atoms with E-state index in [0.29, 0.717) is 22.5 Å². The first-order chi connectivity index (χ1) is 16.8. The first-order valence-electron chi connectivity index (χ1n) is 10.2. The van der Waals surface area contributed by atoms with Crippen molar-refractivity contribution < 1.29 is 33.3 Å². The molecule has 0 aliphatic carbocycles. The highest BCUT2D eigenvalue weighted by atomic mass is 32.2. The molecule has 0 unspecified atom stereocenters. The highest BCUT2D eigenvalue weighted by Gasteiger charge is 2.19. The summed E-state index contributed by atoms with van der Waals surface area (Å²) < 4.78 is 21.8. The number of rotatable bonds is 9. The van der Waals surface area contributed by atoms with Crippen LogP contribution < -0.4 is 14.8 Å². The molecule has 0 aliphatic rings. The van der Waals surface area contributed by atoms with Crippen LogP contribution in [0, 0.1) is 0 Å². The van der Waals surface area contributed by atoms with Gasteiger partial charge in [0.2, 0.25) is 5.91 Å². The molecule has 0 fully saturated rings.